The Morgan fingerprint density at radius 1 is 1.23 bits per heavy atom. The Kier molecular flexibility index (Phi) is 3.86. The van der Waals surface area contributed by atoms with E-state index < -0.39 is 5.97 Å². The van der Waals surface area contributed by atoms with Crippen molar-refractivity contribution in [2.24, 2.45) is 4.99 Å². The first-order valence-electron chi connectivity index (χ1n) is 8.08. The molecule has 0 spiro atoms. The van der Waals surface area contributed by atoms with Gasteiger partial charge in [-0.3, -0.25) is 9.56 Å². The van der Waals surface area contributed by atoms with Crippen LogP contribution in [0.1, 0.15) is 32.9 Å². The SMILES string of the molecule is C#Cc1ccc2c(c1)C(c1ccccc1)=NCc1c(C(=O)OC)ncn1-2. The van der Waals surface area contributed by atoms with Crippen LogP contribution in [0.3, 0.4) is 0 Å². The third-order valence-electron chi connectivity index (χ3n) is 4.36. The second-order valence-electron chi connectivity index (χ2n) is 5.81. The summed E-state index contributed by atoms with van der Waals surface area (Å²) in [6.45, 7) is 0.314. The van der Waals surface area contributed by atoms with Crippen LogP contribution in [0.15, 0.2) is 59.9 Å². The standard InChI is InChI=1S/C21H15N3O2/c1-3-14-9-10-17-16(11-14)19(15-7-5-4-6-8-15)22-12-18-20(21(25)26-2)23-13-24(17)18/h1,4-11,13H,12H2,2H3. The fourth-order valence-electron chi connectivity index (χ4n) is 3.11. The molecule has 0 fully saturated rings. The van der Waals surface area contributed by atoms with Crippen LogP contribution in [0.4, 0.5) is 0 Å². The number of methoxy groups -OCH3 is 1. The van der Waals surface area contributed by atoms with Crippen molar-refractivity contribution < 1.29 is 9.53 Å². The summed E-state index contributed by atoms with van der Waals surface area (Å²) in [5, 5.41) is 0. The fraction of sp³-hybridized carbons (Fsp3) is 0.0952. The van der Waals surface area contributed by atoms with Crippen molar-refractivity contribution in [2.45, 2.75) is 6.54 Å². The van der Waals surface area contributed by atoms with E-state index in [2.05, 4.69) is 10.9 Å². The van der Waals surface area contributed by atoms with Gasteiger partial charge in [-0.05, 0) is 18.2 Å². The number of aliphatic imine (C=N–C) groups is 1. The average molecular weight is 341 g/mol. The number of imidazole rings is 1. The second-order valence-corrected chi connectivity index (χ2v) is 5.81. The Labute approximate surface area is 151 Å². The van der Waals surface area contributed by atoms with Gasteiger partial charge in [0.05, 0.1) is 30.7 Å². The molecule has 2 aromatic carbocycles. The van der Waals surface area contributed by atoms with E-state index >= 15 is 0 Å². The molecule has 0 radical (unpaired) electrons. The molecule has 26 heavy (non-hydrogen) atoms. The molecule has 0 bridgehead atoms. The molecule has 1 aromatic heterocycles. The Balaban J connectivity index is 1.98. The monoisotopic (exact) mass is 341 g/mol. The summed E-state index contributed by atoms with van der Waals surface area (Å²) >= 11 is 0. The zero-order chi connectivity index (χ0) is 18.1. The molecule has 1 aliphatic rings. The summed E-state index contributed by atoms with van der Waals surface area (Å²) in [5.41, 5.74) is 5.33. The highest BCUT2D eigenvalue weighted by atomic mass is 16.5. The molecule has 0 unspecified atom stereocenters. The van der Waals surface area contributed by atoms with Gasteiger partial charge >= 0.3 is 5.97 Å². The van der Waals surface area contributed by atoms with Crippen LogP contribution in [0.25, 0.3) is 5.69 Å². The molecule has 0 N–H and O–H groups in total. The van der Waals surface area contributed by atoms with Crippen LogP contribution >= 0.6 is 0 Å². The molecular formula is C21H15N3O2. The lowest BCUT2D eigenvalue weighted by molar-refractivity contribution is 0.0593. The minimum Gasteiger partial charge on any atom is -0.464 e. The van der Waals surface area contributed by atoms with E-state index in [-0.39, 0.29) is 5.69 Å². The van der Waals surface area contributed by atoms with Crippen molar-refractivity contribution in [3.8, 4) is 18.0 Å². The molecule has 3 aromatic rings. The predicted molar refractivity (Wildman–Crippen MR) is 98.6 cm³/mol. The van der Waals surface area contributed by atoms with Gasteiger partial charge in [-0.1, -0.05) is 36.3 Å². The van der Waals surface area contributed by atoms with Crippen LogP contribution in [0.2, 0.25) is 0 Å². The number of fused-ring (bicyclic) bond motifs is 3. The lowest BCUT2D eigenvalue weighted by atomic mass is 9.98. The number of carbonyl (C=O) groups excluding carboxylic acids is 1. The highest BCUT2D eigenvalue weighted by Gasteiger charge is 2.24. The van der Waals surface area contributed by atoms with Crippen LogP contribution in [-0.4, -0.2) is 28.3 Å². The van der Waals surface area contributed by atoms with E-state index in [0.717, 1.165) is 28.1 Å². The van der Waals surface area contributed by atoms with Crippen molar-refractivity contribution in [1.82, 2.24) is 9.55 Å². The van der Waals surface area contributed by atoms with E-state index in [1.54, 1.807) is 6.33 Å². The maximum atomic E-state index is 12.0. The average Bonchev–Trinajstić information content (AvgIpc) is 3.05. The van der Waals surface area contributed by atoms with Gasteiger partial charge in [-0.15, -0.1) is 6.42 Å². The van der Waals surface area contributed by atoms with Gasteiger partial charge in [0.25, 0.3) is 0 Å². The quantitative estimate of drug-likeness (QED) is 0.532. The molecule has 126 valence electrons. The maximum absolute atomic E-state index is 12.0. The number of benzene rings is 2. The van der Waals surface area contributed by atoms with Crippen molar-refractivity contribution in [3.63, 3.8) is 0 Å². The fourth-order valence-corrected chi connectivity index (χ4v) is 3.11. The topological polar surface area (TPSA) is 56.5 Å². The number of carbonyl (C=O) groups is 1. The summed E-state index contributed by atoms with van der Waals surface area (Å²) in [5.74, 6) is 2.20. The Hall–Kier alpha value is -3.65. The molecule has 0 aliphatic carbocycles. The zero-order valence-electron chi connectivity index (χ0n) is 14.1. The van der Waals surface area contributed by atoms with E-state index in [1.807, 2.05) is 53.1 Å². The largest absolute Gasteiger partial charge is 0.464 e. The first-order valence-corrected chi connectivity index (χ1v) is 8.08. The predicted octanol–water partition coefficient (Wildman–Crippen LogP) is 2.99. The summed E-state index contributed by atoms with van der Waals surface area (Å²) in [6.07, 6.45) is 7.22. The highest BCUT2D eigenvalue weighted by molar-refractivity contribution is 6.15. The lowest BCUT2D eigenvalue weighted by Crippen LogP contribution is -2.08. The number of nitrogens with zero attached hydrogens (tertiary/aromatic N) is 3. The summed E-state index contributed by atoms with van der Waals surface area (Å²) in [7, 11) is 1.34. The van der Waals surface area contributed by atoms with Crippen LogP contribution in [-0.2, 0) is 11.3 Å². The first-order chi connectivity index (χ1) is 12.7. The van der Waals surface area contributed by atoms with E-state index in [1.165, 1.54) is 7.11 Å². The molecule has 0 saturated heterocycles. The lowest BCUT2D eigenvalue weighted by Gasteiger charge is -2.12. The number of rotatable bonds is 2. The van der Waals surface area contributed by atoms with E-state index in [0.29, 0.717) is 12.2 Å². The smallest absolute Gasteiger partial charge is 0.358 e. The third-order valence-corrected chi connectivity index (χ3v) is 4.36. The molecule has 0 saturated carbocycles. The number of aromatic nitrogens is 2. The van der Waals surface area contributed by atoms with Crippen LogP contribution < -0.4 is 0 Å². The molecule has 4 rings (SSSR count). The van der Waals surface area contributed by atoms with Crippen molar-refractivity contribution in [2.75, 3.05) is 7.11 Å². The molecule has 5 nitrogen and oxygen atoms in total. The normalized spacial score (nSPS) is 12.2. The van der Waals surface area contributed by atoms with Crippen molar-refractivity contribution in [1.29, 1.82) is 0 Å². The zero-order valence-corrected chi connectivity index (χ0v) is 14.1. The third kappa shape index (κ3) is 2.49. The number of esters is 1. The maximum Gasteiger partial charge on any atom is 0.358 e. The van der Waals surface area contributed by atoms with Gasteiger partial charge in [0.1, 0.15) is 6.33 Å². The molecule has 1 aliphatic heterocycles. The van der Waals surface area contributed by atoms with Gasteiger partial charge in [0.15, 0.2) is 5.69 Å². The van der Waals surface area contributed by atoms with E-state index in [4.69, 9.17) is 16.2 Å². The van der Waals surface area contributed by atoms with E-state index in [9.17, 15) is 4.79 Å². The summed E-state index contributed by atoms with van der Waals surface area (Å²) in [4.78, 5) is 21.1. The number of hydrogen-bond acceptors (Lipinski definition) is 4. The second kappa shape index (κ2) is 6.34. The van der Waals surface area contributed by atoms with Gasteiger partial charge in [-0.2, -0.15) is 0 Å². The van der Waals surface area contributed by atoms with Crippen LogP contribution in [0.5, 0.6) is 0 Å². The van der Waals surface area contributed by atoms with Crippen LogP contribution in [0, 0.1) is 12.3 Å². The minimum atomic E-state index is -0.473. The molecule has 0 atom stereocenters. The number of hydrogen-bond donors (Lipinski definition) is 0. The first kappa shape index (κ1) is 15.9. The number of terminal acetylenes is 1. The van der Waals surface area contributed by atoms with Gasteiger partial charge in [0.2, 0.25) is 0 Å². The summed E-state index contributed by atoms with van der Waals surface area (Å²) in [6, 6.07) is 15.6. The molecule has 5 heteroatoms. The molecular weight excluding hydrogens is 326 g/mol. The Morgan fingerprint density at radius 2 is 2.04 bits per heavy atom. The highest BCUT2D eigenvalue weighted by Crippen LogP contribution is 2.27. The Bertz CT molecular complexity index is 1070. The minimum absolute atomic E-state index is 0.275. The van der Waals surface area contributed by atoms with Gasteiger partial charge in [0, 0.05) is 16.7 Å². The van der Waals surface area contributed by atoms with Gasteiger partial charge < -0.3 is 4.74 Å². The van der Waals surface area contributed by atoms with Crippen molar-refractivity contribution in [3.05, 3.63) is 82.9 Å². The van der Waals surface area contributed by atoms with Gasteiger partial charge in [-0.25, -0.2) is 9.78 Å². The number of ether oxygens (including phenoxy) is 1. The summed E-state index contributed by atoms with van der Waals surface area (Å²) < 4.78 is 6.72. The van der Waals surface area contributed by atoms with Crippen molar-refractivity contribution >= 4 is 11.7 Å². The Morgan fingerprint density at radius 3 is 2.77 bits per heavy atom. The molecule has 0 amide bonds. The molecule has 2 heterocycles.